The molecule has 1 unspecified atom stereocenters. The normalized spacial score (nSPS) is 14.8. The summed E-state index contributed by atoms with van der Waals surface area (Å²) < 4.78 is 1.31. The average molecular weight is 172 g/mol. The molecule has 0 amide bonds. The minimum Gasteiger partial charge on any atom is -0.322 e. The summed E-state index contributed by atoms with van der Waals surface area (Å²) in [5.41, 5.74) is 0. The molecule has 0 saturated heterocycles. The van der Waals surface area contributed by atoms with Crippen LogP contribution in [0, 0.1) is 0 Å². The lowest BCUT2D eigenvalue weighted by Crippen LogP contribution is -2.54. The molecule has 1 heteroatoms. The molecular formula is C11H26N+. The van der Waals surface area contributed by atoms with Crippen LogP contribution < -0.4 is 0 Å². The molecule has 1 atom stereocenters. The van der Waals surface area contributed by atoms with E-state index in [-0.39, 0.29) is 0 Å². The molecule has 12 heavy (non-hydrogen) atoms. The fourth-order valence-electron chi connectivity index (χ4n) is 2.22. The van der Waals surface area contributed by atoms with Crippen LogP contribution in [0.15, 0.2) is 0 Å². The van der Waals surface area contributed by atoms with Gasteiger partial charge in [-0.3, -0.25) is 0 Å². The first-order chi connectivity index (χ1) is 5.66. The van der Waals surface area contributed by atoms with Gasteiger partial charge in [0.1, 0.15) is 0 Å². The summed E-state index contributed by atoms with van der Waals surface area (Å²) in [6, 6.07) is 0.833. The minimum absolute atomic E-state index is 0.833. The zero-order valence-corrected chi connectivity index (χ0v) is 9.56. The molecule has 0 aliphatic carbocycles. The van der Waals surface area contributed by atoms with E-state index in [4.69, 9.17) is 0 Å². The van der Waals surface area contributed by atoms with Gasteiger partial charge in [-0.25, -0.2) is 0 Å². The Morgan fingerprint density at radius 1 is 1.00 bits per heavy atom. The van der Waals surface area contributed by atoms with Crippen LogP contribution in [0.1, 0.15) is 47.5 Å². The number of hydrogen-bond donors (Lipinski definition) is 0. The van der Waals surface area contributed by atoms with Gasteiger partial charge < -0.3 is 4.48 Å². The van der Waals surface area contributed by atoms with Gasteiger partial charge in [0.05, 0.1) is 25.7 Å². The Morgan fingerprint density at radius 2 is 1.50 bits per heavy atom. The van der Waals surface area contributed by atoms with Crippen LogP contribution in [0.25, 0.3) is 0 Å². The molecule has 0 aromatic heterocycles. The van der Waals surface area contributed by atoms with Crippen molar-refractivity contribution < 1.29 is 4.48 Å². The molecule has 0 aromatic carbocycles. The zero-order valence-electron chi connectivity index (χ0n) is 9.56. The van der Waals surface area contributed by atoms with Gasteiger partial charge in [-0.15, -0.1) is 0 Å². The van der Waals surface area contributed by atoms with Gasteiger partial charge in [-0.1, -0.05) is 13.8 Å². The Kier molecular flexibility index (Phi) is 5.56. The van der Waals surface area contributed by atoms with Gasteiger partial charge in [0.25, 0.3) is 0 Å². The number of hydrogen-bond acceptors (Lipinski definition) is 0. The number of rotatable bonds is 6. The van der Waals surface area contributed by atoms with Crippen molar-refractivity contribution in [2.75, 3.05) is 19.6 Å². The van der Waals surface area contributed by atoms with Crippen LogP contribution >= 0.6 is 0 Å². The first-order valence-electron chi connectivity index (χ1n) is 5.52. The smallest absolute Gasteiger partial charge is 0.0858 e. The molecule has 0 aliphatic rings. The zero-order chi connectivity index (χ0) is 9.61. The molecule has 0 N–H and O–H groups in total. The molecule has 74 valence electrons. The lowest BCUT2D eigenvalue weighted by atomic mass is 10.1. The second-order valence-corrected chi connectivity index (χ2v) is 3.83. The number of quaternary nitrogens is 1. The predicted octanol–water partition coefficient (Wildman–Crippen LogP) is 3.05. The van der Waals surface area contributed by atoms with E-state index in [1.807, 2.05) is 0 Å². The molecule has 0 bridgehead atoms. The second kappa shape index (κ2) is 5.58. The Morgan fingerprint density at radius 3 is 1.75 bits per heavy atom. The van der Waals surface area contributed by atoms with Crippen LogP contribution in [0.2, 0.25) is 0 Å². The highest BCUT2D eigenvalue weighted by molar-refractivity contribution is 4.50. The summed E-state index contributed by atoms with van der Waals surface area (Å²) in [6.07, 6.45) is 2.62. The van der Waals surface area contributed by atoms with Crippen LogP contribution in [-0.4, -0.2) is 30.2 Å². The van der Waals surface area contributed by atoms with E-state index < -0.39 is 0 Å². The summed E-state index contributed by atoms with van der Waals surface area (Å²) in [5.74, 6) is 0. The predicted molar refractivity (Wildman–Crippen MR) is 56.3 cm³/mol. The SMILES string of the molecule is CCC[N+](CC)(CC)C(C)CC. The van der Waals surface area contributed by atoms with Crippen molar-refractivity contribution in [1.29, 1.82) is 0 Å². The quantitative estimate of drug-likeness (QED) is 0.540. The molecule has 0 aromatic rings. The molecule has 0 aliphatic heterocycles. The molecule has 0 heterocycles. The highest BCUT2D eigenvalue weighted by atomic mass is 15.4. The van der Waals surface area contributed by atoms with E-state index in [1.165, 1.54) is 37.0 Å². The summed E-state index contributed by atoms with van der Waals surface area (Å²) in [4.78, 5) is 0. The monoisotopic (exact) mass is 172 g/mol. The molecule has 0 saturated carbocycles. The Bertz CT molecular complexity index is 106. The van der Waals surface area contributed by atoms with E-state index in [1.54, 1.807) is 0 Å². The lowest BCUT2D eigenvalue weighted by Gasteiger charge is -2.42. The van der Waals surface area contributed by atoms with Gasteiger partial charge in [-0.2, -0.15) is 0 Å². The fraction of sp³-hybridized carbons (Fsp3) is 1.00. The summed E-state index contributed by atoms with van der Waals surface area (Å²) in [5, 5.41) is 0. The van der Waals surface area contributed by atoms with Gasteiger partial charge >= 0.3 is 0 Å². The summed E-state index contributed by atoms with van der Waals surface area (Å²) >= 11 is 0. The Hall–Kier alpha value is -0.0400. The average Bonchev–Trinajstić information content (AvgIpc) is 2.13. The molecule has 0 spiro atoms. The van der Waals surface area contributed by atoms with Crippen LogP contribution in [-0.2, 0) is 0 Å². The lowest BCUT2D eigenvalue weighted by molar-refractivity contribution is -0.946. The van der Waals surface area contributed by atoms with E-state index in [2.05, 4.69) is 34.6 Å². The van der Waals surface area contributed by atoms with Crippen molar-refractivity contribution in [3.63, 3.8) is 0 Å². The van der Waals surface area contributed by atoms with Gasteiger partial charge in [0.2, 0.25) is 0 Å². The van der Waals surface area contributed by atoms with Gasteiger partial charge in [-0.05, 0) is 33.6 Å². The minimum atomic E-state index is 0.833. The molecule has 1 nitrogen and oxygen atoms in total. The third-order valence-corrected chi connectivity index (χ3v) is 3.45. The fourth-order valence-corrected chi connectivity index (χ4v) is 2.22. The Labute approximate surface area is 78.4 Å². The topological polar surface area (TPSA) is 0 Å². The largest absolute Gasteiger partial charge is 0.322 e. The molecule has 0 fully saturated rings. The van der Waals surface area contributed by atoms with Crippen molar-refractivity contribution in [2.24, 2.45) is 0 Å². The van der Waals surface area contributed by atoms with E-state index in [0.717, 1.165) is 6.04 Å². The maximum atomic E-state index is 2.39. The standard InChI is InChI=1S/C11H26N/c1-6-10-12(8-3,9-4)11(5)7-2/h11H,6-10H2,1-5H3/q+1. The van der Waals surface area contributed by atoms with Crippen molar-refractivity contribution in [3.8, 4) is 0 Å². The van der Waals surface area contributed by atoms with Crippen molar-refractivity contribution in [3.05, 3.63) is 0 Å². The maximum absolute atomic E-state index is 2.39. The highest BCUT2D eigenvalue weighted by Gasteiger charge is 2.27. The van der Waals surface area contributed by atoms with Crippen molar-refractivity contribution in [2.45, 2.75) is 53.5 Å². The Balaban J connectivity index is 4.33. The van der Waals surface area contributed by atoms with Gasteiger partial charge in [0, 0.05) is 0 Å². The van der Waals surface area contributed by atoms with Crippen LogP contribution in [0.3, 0.4) is 0 Å². The first kappa shape index (κ1) is 12.0. The van der Waals surface area contributed by atoms with Crippen LogP contribution in [0.5, 0.6) is 0 Å². The van der Waals surface area contributed by atoms with E-state index in [9.17, 15) is 0 Å². The van der Waals surface area contributed by atoms with Crippen LogP contribution in [0.4, 0.5) is 0 Å². The molecule has 0 radical (unpaired) electrons. The third kappa shape index (κ3) is 2.48. The number of nitrogens with zero attached hydrogens (tertiary/aromatic N) is 1. The summed E-state index contributed by atoms with van der Waals surface area (Å²) in [6.45, 7) is 15.6. The first-order valence-corrected chi connectivity index (χ1v) is 5.52. The second-order valence-electron chi connectivity index (χ2n) is 3.83. The highest BCUT2D eigenvalue weighted by Crippen LogP contribution is 2.16. The molecular weight excluding hydrogens is 146 g/mol. The molecule has 0 rings (SSSR count). The van der Waals surface area contributed by atoms with Crippen molar-refractivity contribution in [1.82, 2.24) is 0 Å². The van der Waals surface area contributed by atoms with Gasteiger partial charge in [0.15, 0.2) is 0 Å². The summed E-state index contributed by atoms with van der Waals surface area (Å²) in [7, 11) is 0. The van der Waals surface area contributed by atoms with Crippen molar-refractivity contribution >= 4 is 0 Å². The van der Waals surface area contributed by atoms with E-state index >= 15 is 0 Å². The maximum Gasteiger partial charge on any atom is 0.0858 e. The van der Waals surface area contributed by atoms with E-state index in [0.29, 0.717) is 0 Å². The third-order valence-electron chi connectivity index (χ3n) is 3.45.